The minimum absolute atomic E-state index is 0.0595. The van der Waals surface area contributed by atoms with Gasteiger partial charge in [0.2, 0.25) is 0 Å². The molecule has 6 N–H and O–H groups in total. The van der Waals surface area contributed by atoms with E-state index in [1.165, 1.54) is 0 Å². The van der Waals surface area contributed by atoms with Gasteiger partial charge < -0.3 is 21.9 Å². The van der Waals surface area contributed by atoms with Gasteiger partial charge in [-0.2, -0.15) is 9.98 Å². The Labute approximate surface area is 146 Å². The van der Waals surface area contributed by atoms with Gasteiger partial charge in [-0.1, -0.05) is 17.7 Å². The minimum Gasteiger partial charge on any atom is -0.436 e. The number of benzene rings is 1. The SMILES string of the molecule is NC(N)=NC(=O)c1nc(Cl)c(Oc2ccc3cccnc3c2)nc1N. The van der Waals surface area contributed by atoms with Crippen LogP contribution in [0.15, 0.2) is 41.5 Å². The second-order valence-corrected chi connectivity index (χ2v) is 5.21. The van der Waals surface area contributed by atoms with Crippen molar-refractivity contribution >= 4 is 40.2 Å². The Morgan fingerprint density at radius 3 is 2.76 bits per heavy atom. The van der Waals surface area contributed by atoms with Crippen LogP contribution in [0.2, 0.25) is 5.15 Å². The van der Waals surface area contributed by atoms with Gasteiger partial charge in [0.15, 0.2) is 22.6 Å². The van der Waals surface area contributed by atoms with Gasteiger partial charge in [0, 0.05) is 17.6 Å². The third-order valence-electron chi connectivity index (χ3n) is 3.08. The average Bonchev–Trinajstić information content (AvgIpc) is 2.57. The number of hydrogen-bond donors (Lipinski definition) is 3. The van der Waals surface area contributed by atoms with E-state index in [0.717, 1.165) is 10.9 Å². The van der Waals surface area contributed by atoms with Crippen LogP contribution >= 0.6 is 11.6 Å². The van der Waals surface area contributed by atoms with Gasteiger partial charge in [0.05, 0.1) is 5.52 Å². The van der Waals surface area contributed by atoms with E-state index < -0.39 is 11.9 Å². The first-order valence-corrected chi connectivity index (χ1v) is 7.31. The molecule has 0 saturated heterocycles. The zero-order valence-corrected chi connectivity index (χ0v) is 13.4. The van der Waals surface area contributed by atoms with Gasteiger partial charge in [0.25, 0.3) is 5.88 Å². The highest BCUT2D eigenvalue weighted by molar-refractivity contribution is 6.31. The summed E-state index contributed by atoms with van der Waals surface area (Å²) >= 11 is 6.02. The minimum atomic E-state index is -0.853. The molecule has 9 nitrogen and oxygen atoms in total. The number of anilines is 1. The van der Waals surface area contributed by atoms with E-state index in [0.29, 0.717) is 5.75 Å². The Bertz CT molecular complexity index is 1000. The molecule has 0 radical (unpaired) electrons. The highest BCUT2D eigenvalue weighted by Gasteiger charge is 2.18. The van der Waals surface area contributed by atoms with Crippen LogP contribution in [-0.4, -0.2) is 26.8 Å². The van der Waals surface area contributed by atoms with Crippen LogP contribution in [0.4, 0.5) is 5.82 Å². The Balaban J connectivity index is 1.93. The Kier molecular flexibility index (Phi) is 4.31. The predicted molar refractivity (Wildman–Crippen MR) is 93.4 cm³/mol. The highest BCUT2D eigenvalue weighted by atomic mass is 35.5. The quantitative estimate of drug-likeness (QED) is 0.470. The van der Waals surface area contributed by atoms with Crippen molar-refractivity contribution in [2.45, 2.75) is 0 Å². The number of carbonyl (C=O) groups is 1. The molecule has 0 bridgehead atoms. The molecule has 0 aliphatic rings. The normalized spacial score (nSPS) is 10.4. The molecule has 0 fully saturated rings. The van der Waals surface area contributed by atoms with Crippen molar-refractivity contribution in [3.63, 3.8) is 0 Å². The lowest BCUT2D eigenvalue weighted by molar-refractivity contribution is 0.0998. The summed E-state index contributed by atoms with van der Waals surface area (Å²) < 4.78 is 5.59. The van der Waals surface area contributed by atoms with Gasteiger partial charge >= 0.3 is 5.91 Å². The van der Waals surface area contributed by atoms with E-state index in [2.05, 4.69) is 19.9 Å². The fraction of sp³-hybridized carbons (Fsp3) is 0. The fourth-order valence-electron chi connectivity index (χ4n) is 2.03. The first-order valence-electron chi connectivity index (χ1n) is 6.93. The van der Waals surface area contributed by atoms with Crippen molar-refractivity contribution in [2.75, 3.05) is 5.73 Å². The van der Waals surface area contributed by atoms with Crippen LogP contribution in [0, 0.1) is 0 Å². The summed E-state index contributed by atoms with van der Waals surface area (Å²) in [4.78, 5) is 27.2. The maximum Gasteiger partial charge on any atom is 0.302 e. The maximum atomic E-state index is 11.8. The number of aliphatic imine (C=N–C) groups is 1. The molecule has 10 heteroatoms. The maximum absolute atomic E-state index is 11.8. The molecule has 2 aromatic heterocycles. The summed E-state index contributed by atoms with van der Waals surface area (Å²) in [5, 5.41) is 0.786. The van der Waals surface area contributed by atoms with Gasteiger partial charge in [-0.25, -0.2) is 4.98 Å². The zero-order valence-electron chi connectivity index (χ0n) is 12.7. The number of hydrogen-bond acceptors (Lipinski definition) is 6. The molecule has 0 saturated carbocycles. The number of amides is 1. The molecule has 2 heterocycles. The monoisotopic (exact) mass is 357 g/mol. The van der Waals surface area contributed by atoms with E-state index >= 15 is 0 Å². The van der Waals surface area contributed by atoms with Crippen LogP contribution in [0.5, 0.6) is 11.6 Å². The van der Waals surface area contributed by atoms with Crippen molar-refractivity contribution in [3.05, 3.63) is 47.4 Å². The first-order chi connectivity index (χ1) is 11.9. The molecule has 0 aliphatic heterocycles. The molecule has 3 rings (SSSR count). The van der Waals surface area contributed by atoms with Crippen LogP contribution in [-0.2, 0) is 0 Å². The molecule has 126 valence electrons. The second kappa shape index (κ2) is 6.57. The van der Waals surface area contributed by atoms with Gasteiger partial charge in [-0.3, -0.25) is 9.78 Å². The number of halogens is 1. The third-order valence-corrected chi connectivity index (χ3v) is 3.32. The largest absolute Gasteiger partial charge is 0.436 e. The number of carbonyl (C=O) groups excluding carboxylic acids is 1. The number of fused-ring (bicyclic) bond motifs is 1. The molecule has 0 aliphatic carbocycles. The molecule has 0 spiro atoms. The number of nitrogens with two attached hydrogens (primary N) is 3. The zero-order chi connectivity index (χ0) is 18.0. The van der Waals surface area contributed by atoms with E-state index in [9.17, 15) is 4.79 Å². The lowest BCUT2D eigenvalue weighted by Crippen LogP contribution is -2.24. The molecule has 25 heavy (non-hydrogen) atoms. The standard InChI is InChI=1S/C15H12ClN7O2/c16-11-14(22-12(17)10(21-11)13(24)23-15(18)19)25-8-4-3-7-2-1-5-20-9(7)6-8/h1-6H,(H2,17,22)(H4,18,19,23,24). The summed E-state index contributed by atoms with van der Waals surface area (Å²) in [7, 11) is 0. The van der Waals surface area contributed by atoms with Crippen molar-refractivity contribution in [1.82, 2.24) is 15.0 Å². The third kappa shape index (κ3) is 3.56. The molecule has 1 aromatic carbocycles. The van der Waals surface area contributed by atoms with Crippen molar-refractivity contribution < 1.29 is 9.53 Å². The van der Waals surface area contributed by atoms with Gasteiger partial charge in [0.1, 0.15) is 5.75 Å². The second-order valence-electron chi connectivity index (χ2n) is 4.86. The molecule has 0 atom stereocenters. The molecular formula is C15H12ClN7O2. The molecule has 0 unspecified atom stereocenters. The number of pyridine rings is 1. The Hall–Kier alpha value is -3.46. The number of aromatic nitrogens is 3. The van der Waals surface area contributed by atoms with Gasteiger partial charge in [-0.05, 0) is 18.2 Å². The summed E-state index contributed by atoms with van der Waals surface area (Å²) in [6.45, 7) is 0. The van der Waals surface area contributed by atoms with Crippen LogP contribution in [0.1, 0.15) is 10.5 Å². The smallest absolute Gasteiger partial charge is 0.302 e. The van der Waals surface area contributed by atoms with E-state index in [-0.39, 0.29) is 22.5 Å². The van der Waals surface area contributed by atoms with Crippen molar-refractivity contribution in [2.24, 2.45) is 16.5 Å². The predicted octanol–water partition coefficient (Wildman–Crippen LogP) is 1.47. The number of nitrogens with zero attached hydrogens (tertiary/aromatic N) is 4. The van der Waals surface area contributed by atoms with E-state index in [1.807, 2.05) is 18.2 Å². The molecular weight excluding hydrogens is 346 g/mol. The Morgan fingerprint density at radius 1 is 1.20 bits per heavy atom. The lowest BCUT2D eigenvalue weighted by Gasteiger charge is -2.09. The van der Waals surface area contributed by atoms with Crippen LogP contribution < -0.4 is 21.9 Å². The number of rotatable bonds is 3. The van der Waals surface area contributed by atoms with Crippen LogP contribution in [0.3, 0.4) is 0 Å². The van der Waals surface area contributed by atoms with Crippen LogP contribution in [0.25, 0.3) is 10.9 Å². The number of ether oxygens (including phenoxy) is 1. The fourth-order valence-corrected chi connectivity index (χ4v) is 2.19. The number of guanidine groups is 1. The highest BCUT2D eigenvalue weighted by Crippen LogP contribution is 2.29. The van der Waals surface area contributed by atoms with Crippen molar-refractivity contribution in [1.29, 1.82) is 0 Å². The summed E-state index contributed by atoms with van der Waals surface area (Å²) in [5.74, 6) is -1.12. The molecule has 3 aromatic rings. The average molecular weight is 358 g/mol. The lowest BCUT2D eigenvalue weighted by atomic mass is 10.2. The summed E-state index contributed by atoms with van der Waals surface area (Å²) in [6.07, 6.45) is 1.67. The van der Waals surface area contributed by atoms with Gasteiger partial charge in [-0.15, -0.1) is 0 Å². The van der Waals surface area contributed by atoms with Crippen molar-refractivity contribution in [3.8, 4) is 11.6 Å². The topological polar surface area (TPSA) is 155 Å². The first kappa shape index (κ1) is 16.4. The Morgan fingerprint density at radius 2 is 2.00 bits per heavy atom. The summed E-state index contributed by atoms with van der Waals surface area (Å²) in [5.41, 5.74) is 16.5. The molecule has 1 amide bonds. The number of nitrogen functional groups attached to an aromatic ring is 1. The van der Waals surface area contributed by atoms with E-state index in [1.54, 1.807) is 18.3 Å². The van der Waals surface area contributed by atoms with E-state index in [4.69, 9.17) is 33.5 Å². The summed E-state index contributed by atoms with van der Waals surface area (Å²) in [6, 6.07) is 9.01.